The molecule has 5 heteroatoms. The maximum atomic E-state index is 8.75. The third-order valence-corrected chi connectivity index (χ3v) is 4.61. The second-order valence-electron chi connectivity index (χ2n) is 6.86. The second kappa shape index (κ2) is 7.84. The molecule has 0 saturated carbocycles. The number of nitrogens with two attached hydrogens (primary N) is 1. The van der Waals surface area contributed by atoms with E-state index in [1.165, 1.54) is 38.9 Å². The highest BCUT2D eigenvalue weighted by Crippen LogP contribution is 2.23. The number of hydrogen-bond donors (Lipinski definition) is 2. The molecule has 0 atom stereocenters. The van der Waals surface area contributed by atoms with E-state index in [4.69, 9.17) is 10.9 Å². The first kappa shape index (κ1) is 17.2. The van der Waals surface area contributed by atoms with E-state index in [2.05, 4.69) is 29.1 Å². The third kappa shape index (κ3) is 5.29. The highest BCUT2D eigenvalue weighted by atomic mass is 16.4. The number of rotatable bonds is 7. The van der Waals surface area contributed by atoms with Gasteiger partial charge >= 0.3 is 0 Å². The van der Waals surface area contributed by atoms with Crippen LogP contribution in [0, 0.1) is 5.41 Å². The molecule has 1 aliphatic rings. The lowest BCUT2D eigenvalue weighted by molar-refractivity contribution is 0.142. The molecule has 5 nitrogen and oxygen atoms in total. The first-order chi connectivity index (χ1) is 9.36. The highest BCUT2D eigenvalue weighted by Gasteiger charge is 2.23. The van der Waals surface area contributed by atoms with Gasteiger partial charge in [0.25, 0.3) is 0 Å². The van der Waals surface area contributed by atoms with Crippen molar-refractivity contribution in [2.24, 2.45) is 16.3 Å². The summed E-state index contributed by atoms with van der Waals surface area (Å²) < 4.78 is 0. The van der Waals surface area contributed by atoms with Gasteiger partial charge in [-0.15, -0.1) is 0 Å². The molecule has 0 spiro atoms. The first-order valence-corrected chi connectivity index (χ1v) is 7.73. The van der Waals surface area contributed by atoms with Crippen LogP contribution in [-0.4, -0.2) is 60.6 Å². The van der Waals surface area contributed by atoms with Crippen LogP contribution in [0.4, 0.5) is 0 Å². The minimum atomic E-state index is -0.202. The molecule has 3 N–H and O–H groups in total. The van der Waals surface area contributed by atoms with Gasteiger partial charge in [-0.05, 0) is 59.4 Å². The van der Waals surface area contributed by atoms with E-state index in [0.717, 1.165) is 18.9 Å². The van der Waals surface area contributed by atoms with Gasteiger partial charge in [0.1, 0.15) is 5.84 Å². The molecule has 1 saturated heterocycles. The Morgan fingerprint density at radius 2 is 1.90 bits per heavy atom. The summed E-state index contributed by atoms with van der Waals surface area (Å²) in [7, 11) is 4.35. The van der Waals surface area contributed by atoms with Gasteiger partial charge in [0.05, 0.1) is 0 Å². The largest absolute Gasteiger partial charge is 0.409 e. The van der Waals surface area contributed by atoms with Gasteiger partial charge in [-0.3, -0.25) is 0 Å². The van der Waals surface area contributed by atoms with Crippen molar-refractivity contribution >= 4 is 5.84 Å². The quantitative estimate of drug-likeness (QED) is 0.247. The van der Waals surface area contributed by atoms with Gasteiger partial charge < -0.3 is 20.7 Å². The highest BCUT2D eigenvalue weighted by molar-refractivity contribution is 5.85. The van der Waals surface area contributed by atoms with Crippen LogP contribution < -0.4 is 5.73 Å². The van der Waals surface area contributed by atoms with Gasteiger partial charge in [-0.25, -0.2) is 0 Å². The lowest BCUT2D eigenvalue weighted by Gasteiger charge is -2.35. The Hall–Kier alpha value is -0.810. The van der Waals surface area contributed by atoms with Crippen molar-refractivity contribution in [2.75, 3.05) is 33.7 Å². The summed E-state index contributed by atoms with van der Waals surface area (Å²) in [5.74, 6) is 0.337. The van der Waals surface area contributed by atoms with Crippen LogP contribution in [0.15, 0.2) is 5.16 Å². The van der Waals surface area contributed by atoms with E-state index in [1.807, 2.05) is 13.8 Å². The average molecular weight is 284 g/mol. The van der Waals surface area contributed by atoms with Gasteiger partial charge in [0.2, 0.25) is 0 Å². The Kier molecular flexibility index (Phi) is 6.76. The Morgan fingerprint density at radius 3 is 2.40 bits per heavy atom. The molecule has 0 aromatic heterocycles. The summed E-state index contributed by atoms with van der Waals surface area (Å²) in [5, 5.41) is 11.9. The normalized spacial score (nSPS) is 19.8. The first-order valence-electron chi connectivity index (χ1n) is 7.73. The van der Waals surface area contributed by atoms with E-state index >= 15 is 0 Å². The minimum Gasteiger partial charge on any atom is -0.409 e. The van der Waals surface area contributed by atoms with Crippen LogP contribution in [-0.2, 0) is 0 Å². The zero-order valence-corrected chi connectivity index (χ0v) is 13.6. The molecule has 118 valence electrons. The lowest BCUT2D eigenvalue weighted by atomic mass is 9.86. The fraction of sp³-hybridized carbons (Fsp3) is 0.933. The van der Waals surface area contributed by atoms with Gasteiger partial charge in [-0.1, -0.05) is 25.4 Å². The molecule has 1 rings (SSSR count). The van der Waals surface area contributed by atoms with E-state index < -0.39 is 0 Å². The molecule has 0 aliphatic carbocycles. The average Bonchev–Trinajstić information content (AvgIpc) is 2.43. The predicted molar refractivity (Wildman–Crippen MR) is 84.2 cm³/mol. The summed E-state index contributed by atoms with van der Waals surface area (Å²) in [5.41, 5.74) is 5.50. The molecule has 20 heavy (non-hydrogen) atoms. The van der Waals surface area contributed by atoms with Crippen LogP contribution in [0.3, 0.4) is 0 Å². The van der Waals surface area contributed by atoms with Crippen molar-refractivity contribution in [3.8, 4) is 0 Å². The van der Waals surface area contributed by atoms with Crippen molar-refractivity contribution in [1.82, 2.24) is 9.80 Å². The SMILES string of the molecule is CN(C)C1CCN(CCCCC(C)(C)C(N)=NO)CC1. The molecule has 1 fully saturated rings. The van der Waals surface area contributed by atoms with Crippen molar-refractivity contribution in [1.29, 1.82) is 0 Å². The molecule has 0 bridgehead atoms. The second-order valence-corrected chi connectivity index (χ2v) is 6.86. The number of unbranched alkanes of at least 4 members (excludes halogenated alkanes) is 1. The molecule has 0 unspecified atom stereocenters. The Bertz CT molecular complexity index is 307. The molecule has 0 amide bonds. The summed E-state index contributed by atoms with van der Waals surface area (Å²) >= 11 is 0. The van der Waals surface area contributed by atoms with Crippen LogP contribution in [0.5, 0.6) is 0 Å². The van der Waals surface area contributed by atoms with Crippen LogP contribution in [0.25, 0.3) is 0 Å². The number of likely N-dealkylation sites (tertiary alicyclic amines) is 1. The summed E-state index contributed by atoms with van der Waals surface area (Å²) in [6.07, 6.45) is 5.84. The standard InChI is InChI=1S/C15H32N4O/c1-15(2,14(16)17-20)9-5-6-10-19-11-7-13(8-12-19)18(3)4/h13,20H,5-12H2,1-4H3,(H2,16,17). The Balaban J connectivity index is 2.17. The number of amidine groups is 1. The molecule has 1 heterocycles. The smallest absolute Gasteiger partial charge is 0.144 e. The zero-order chi connectivity index (χ0) is 15.2. The van der Waals surface area contributed by atoms with Crippen molar-refractivity contribution < 1.29 is 5.21 Å². The Labute approximate surface area is 123 Å². The van der Waals surface area contributed by atoms with E-state index in [-0.39, 0.29) is 5.41 Å². The Morgan fingerprint density at radius 1 is 1.30 bits per heavy atom. The molecule has 0 radical (unpaired) electrons. The number of oxime groups is 1. The van der Waals surface area contributed by atoms with Gasteiger partial charge in [0.15, 0.2) is 0 Å². The maximum Gasteiger partial charge on any atom is 0.144 e. The molecular formula is C15H32N4O. The van der Waals surface area contributed by atoms with Crippen molar-refractivity contribution in [3.63, 3.8) is 0 Å². The van der Waals surface area contributed by atoms with Crippen LogP contribution in [0.2, 0.25) is 0 Å². The number of piperidine rings is 1. The van der Waals surface area contributed by atoms with Crippen LogP contribution in [0.1, 0.15) is 46.0 Å². The molecular weight excluding hydrogens is 252 g/mol. The van der Waals surface area contributed by atoms with Crippen molar-refractivity contribution in [3.05, 3.63) is 0 Å². The van der Waals surface area contributed by atoms with Gasteiger partial charge in [-0.2, -0.15) is 0 Å². The lowest BCUT2D eigenvalue weighted by Crippen LogP contribution is -2.42. The fourth-order valence-electron chi connectivity index (χ4n) is 2.83. The maximum absolute atomic E-state index is 8.75. The van der Waals surface area contributed by atoms with E-state index in [1.54, 1.807) is 0 Å². The topological polar surface area (TPSA) is 65.1 Å². The minimum absolute atomic E-state index is 0.202. The predicted octanol–water partition coefficient (Wildman–Crippen LogP) is 1.96. The number of nitrogens with zero attached hydrogens (tertiary/aromatic N) is 3. The van der Waals surface area contributed by atoms with E-state index in [9.17, 15) is 0 Å². The molecule has 0 aromatic carbocycles. The van der Waals surface area contributed by atoms with Crippen molar-refractivity contribution in [2.45, 2.75) is 52.0 Å². The molecule has 0 aromatic rings. The van der Waals surface area contributed by atoms with Gasteiger partial charge in [0, 0.05) is 11.5 Å². The van der Waals surface area contributed by atoms with E-state index in [0.29, 0.717) is 5.84 Å². The fourth-order valence-corrected chi connectivity index (χ4v) is 2.83. The summed E-state index contributed by atoms with van der Waals surface area (Å²) in [4.78, 5) is 4.91. The van der Waals surface area contributed by atoms with Crippen LogP contribution >= 0.6 is 0 Å². The third-order valence-electron chi connectivity index (χ3n) is 4.61. The molecule has 1 aliphatic heterocycles. The summed E-state index contributed by atoms with van der Waals surface area (Å²) in [6, 6.07) is 0.755. The monoisotopic (exact) mass is 284 g/mol. The number of hydrogen-bond acceptors (Lipinski definition) is 4. The zero-order valence-electron chi connectivity index (χ0n) is 13.6. The summed E-state index contributed by atoms with van der Waals surface area (Å²) in [6.45, 7) is 7.67.